The molecule has 1 N–H and O–H groups in total. The summed E-state index contributed by atoms with van der Waals surface area (Å²) in [6.45, 7) is 0.0924. The molecule has 2 aliphatic carbocycles. The Morgan fingerprint density at radius 3 is 2.38 bits per heavy atom. The Bertz CT molecular complexity index is 837. The molecule has 1 aliphatic heterocycles. The number of esters is 1. The molecule has 3 amide bonds. The monoisotopic (exact) mass is 418 g/mol. The molecule has 4 rings (SSSR count). The van der Waals surface area contributed by atoms with Gasteiger partial charge in [-0.2, -0.15) is 0 Å². The number of nitrogens with one attached hydrogen (secondary N) is 1. The number of carbonyl (C=O) groups excluding carboxylic acids is 4. The van der Waals surface area contributed by atoms with Gasteiger partial charge in [-0.3, -0.25) is 19.3 Å². The fraction of sp³-hybridized carbons (Fsp3) is 0.619. The van der Waals surface area contributed by atoms with Gasteiger partial charge in [-0.15, -0.1) is 11.3 Å². The van der Waals surface area contributed by atoms with Gasteiger partial charge >= 0.3 is 5.97 Å². The third-order valence-electron chi connectivity index (χ3n) is 6.31. The number of amides is 3. The molecule has 1 saturated heterocycles. The molecule has 156 valence electrons. The normalized spacial score (nSPS) is 23.6. The summed E-state index contributed by atoms with van der Waals surface area (Å²) < 4.78 is 4.93. The lowest BCUT2D eigenvalue weighted by Gasteiger charge is -2.19. The van der Waals surface area contributed by atoms with Crippen LogP contribution in [-0.2, 0) is 32.0 Å². The lowest BCUT2D eigenvalue weighted by atomic mass is 9.81. The highest BCUT2D eigenvalue weighted by Crippen LogP contribution is 2.39. The highest BCUT2D eigenvalue weighted by Gasteiger charge is 2.47. The van der Waals surface area contributed by atoms with Crippen LogP contribution in [0.25, 0.3) is 0 Å². The van der Waals surface area contributed by atoms with Crippen LogP contribution in [-0.4, -0.2) is 42.2 Å². The Labute approximate surface area is 173 Å². The summed E-state index contributed by atoms with van der Waals surface area (Å²) in [7, 11) is 1.34. The maximum absolute atomic E-state index is 12.6. The van der Waals surface area contributed by atoms with E-state index < -0.39 is 5.97 Å². The summed E-state index contributed by atoms with van der Waals surface area (Å²) in [6, 6.07) is 0. The van der Waals surface area contributed by atoms with E-state index in [-0.39, 0.29) is 42.5 Å². The van der Waals surface area contributed by atoms with Crippen molar-refractivity contribution in [2.75, 3.05) is 19.0 Å². The van der Waals surface area contributed by atoms with E-state index in [1.807, 2.05) is 0 Å². The molecule has 1 aromatic rings. The summed E-state index contributed by atoms with van der Waals surface area (Å²) in [4.78, 5) is 52.3. The summed E-state index contributed by atoms with van der Waals surface area (Å²) >= 11 is 1.43. The number of methoxy groups -OCH3 is 1. The van der Waals surface area contributed by atoms with Crippen LogP contribution in [0.1, 0.15) is 65.7 Å². The zero-order chi connectivity index (χ0) is 20.5. The first-order valence-corrected chi connectivity index (χ1v) is 11.2. The fourth-order valence-corrected chi connectivity index (χ4v) is 6.12. The van der Waals surface area contributed by atoms with Crippen LogP contribution in [0.15, 0.2) is 0 Å². The van der Waals surface area contributed by atoms with Crippen molar-refractivity contribution in [3.05, 3.63) is 16.0 Å². The molecule has 3 aliphatic rings. The van der Waals surface area contributed by atoms with Crippen molar-refractivity contribution in [3.8, 4) is 0 Å². The first-order valence-electron chi connectivity index (χ1n) is 10.4. The number of imide groups is 1. The number of rotatable bonds is 5. The average molecular weight is 419 g/mol. The topological polar surface area (TPSA) is 92.8 Å². The third-order valence-corrected chi connectivity index (χ3v) is 7.52. The molecule has 0 bridgehead atoms. The first kappa shape index (κ1) is 20.1. The highest BCUT2D eigenvalue weighted by atomic mass is 32.1. The van der Waals surface area contributed by atoms with Crippen molar-refractivity contribution >= 4 is 40.0 Å². The molecule has 2 fully saturated rings. The van der Waals surface area contributed by atoms with E-state index >= 15 is 0 Å². The maximum atomic E-state index is 12.6. The third kappa shape index (κ3) is 3.70. The minimum atomic E-state index is -0.436. The molecule has 0 spiro atoms. The van der Waals surface area contributed by atoms with Gasteiger partial charge in [0, 0.05) is 17.8 Å². The number of carbonyl (C=O) groups is 4. The molecule has 0 radical (unpaired) electrons. The van der Waals surface area contributed by atoms with E-state index in [1.54, 1.807) is 0 Å². The number of aryl methyl sites for hydroxylation is 1. The van der Waals surface area contributed by atoms with Crippen LogP contribution in [0.2, 0.25) is 0 Å². The second-order valence-corrected chi connectivity index (χ2v) is 9.14. The number of nitrogens with zero attached hydrogens (tertiary/aromatic N) is 1. The van der Waals surface area contributed by atoms with Crippen molar-refractivity contribution in [2.45, 2.75) is 57.8 Å². The van der Waals surface area contributed by atoms with Crippen LogP contribution in [0.4, 0.5) is 5.00 Å². The Hall–Kier alpha value is -2.22. The smallest absolute Gasteiger partial charge is 0.341 e. The van der Waals surface area contributed by atoms with Crippen molar-refractivity contribution in [2.24, 2.45) is 11.8 Å². The molecule has 1 aromatic heterocycles. The molecular formula is C21H26N2O5S. The van der Waals surface area contributed by atoms with E-state index in [2.05, 4.69) is 5.32 Å². The van der Waals surface area contributed by atoms with E-state index in [0.717, 1.165) is 61.8 Å². The minimum absolute atomic E-state index is 0.0279. The molecule has 2 atom stereocenters. The van der Waals surface area contributed by atoms with E-state index in [9.17, 15) is 19.2 Å². The van der Waals surface area contributed by atoms with E-state index in [0.29, 0.717) is 10.6 Å². The Morgan fingerprint density at radius 2 is 1.72 bits per heavy atom. The molecule has 8 heteroatoms. The Balaban J connectivity index is 1.43. The number of likely N-dealkylation sites (tertiary alicyclic amines) is 1. The standard InChI is InChI=1S/C21H26N2O5S/c1-28-21(27)17-14-8-4-5-9-15(14)29-18(17)22-16(24)10-11-23-19(25)12-6-2-3-7-13(12)20(23)26/h12-13H,2-11H2,1H3,(H,22,24)/t12-,13-/m1/s1. The SMILES string of the molecule is COC(=O)c1c(NC(=O)CCN2C(=O)[C@@H]3CCCC[C@H]3C2=O)sc2c1CCCC2. The van der Waals surface area contributed by atoms with Gasteiger partial charge in [0.15, 0.2) is 0 Å². The van der Waals surface area contributed by atoms with Gasteiger partial charge < -0.3 is 10.1 Å². The van der Waals surface area contributed by atoms with Crippen LogP contribution in [0, 0.1) is 11.8 Å². The van der Waals surface area contributed by atoms with Crippen LogP contribution in [0.3, 0.4) is 0 Å². The molecule has 0 unspecified atom stereocenters. The summed E-state index contributed by atoms with van der Waals surface area (Å²) in [6.07, 6.45) is 7.32. The average Bonchev–Trinajstić information content (AvgIpc) is 3.21. The number of anilines is 1. The van der Waals surface area contributed by atoms with Crippen molar-refractivity contribution in [3.63, 3.8) is 0 Å². The van der Waals surface area contributed by atoms with Gasteiger partial charge in [-0.25, -0.2) is 4.79 Å². The molecule has 7 nitrogen and oxygen atoms in total. The number of thiophene rings is 1. The second-order valence-electron chi connectivity index (χ2n) is 8.03. The van der Waals surface area contributed by atoms with Crippen LogP contribution in [0.5, 0.6) is 0 Å². The molecule has 2 heterocycles. The van der Waals surface area contributed by atoms with Gasteiger partial charge in [-0.05, 0) is 44.1 Å². The Morgan fingerprint density at radius 1 is 1.07 bits per heavy atom. The minimum Gasteiger partial charge on any atom is -0.465 e. The Kier molecular flexibility index (Phi) is 5.72. The van der Waals surface area contributed by atoms with E-state index in [4.69, 9.17) is 4.74 Å². The number of hydrogen-bond donors (Lipinski definition) is 1. The van der Waals surface area contributed by atoms with Crippen molar-refractivity contribution < 1.29 is 23.9 Å². The van der Waals surface area contributed by atoms with Gasteiger partial charge in [0.1, 0.15) is 5.00 Å². The van der Waals surface area contributed by atoms with Crippen LogP contribution < -0.4 is 5.32 Å². The lowest BCUT2D eigenvalue weighted by molar-refractivity contribution is -0.140. The van der Waals surface area contributed by atoms with Gasteiger partial charge in [0.25, 0.3) is 0 Å². The first-order chi connectivity index (χ1) is 14.0. The van der Waals surface area contributed by atoms with Gasteiger partial charge in [0.05, 0.1) is 24.5 Å². The van der Waals surface area contributed by atoms with Gasteiger partial charge in [-0.1, -0.05) is 12.8 Å². The maximum Gasteiger partial charge on any atom is 0.341 e. The molecular weight excluding hydrogens is 392 g/mol. The van der Waals surface area contributed by atoms with Gasteiger partial charge in [0.2, 0.25) is 17.7 Å². The van der Waals surface area contributed by atoms with E-state index in [1.165, 1.54) is 23.3 Å². The van der Waals surface area contributed by atoms with Crippen molar-refractivity contribution in [1.82, 2.24) is 4.90 Å². The number of fused-ring (bicyclic) bond motifs is 2. The predicted octanol–water partition coefficient (Wildman–Crippen LogP) is 2.92. The number of ether oxygens (including phenoxy) is 1. The predicted molar refractivity (Wildman–Crippen MR) is 108 cm³/mol. The second kappa shape index (κ2) is 8.26. The number of hydrogen-bond acceptors (Lipinski definition) is 6. The highest BCUT2D eigenvalue weighted by molar-refractivity contribution is 7.17. The molecule has 29 heavy (non-hydrogen) atoms. The summed E-state index contributed by atoms with van der Waals surface area (Å²) in [5.74, 6) is -1.40. The zero-order valence-electron chi connectivity index (χ0n) is 16.6. The molecule has 0 aromatic carbocycles. The molecule has 1 saturated carbocycles. The summed E-state index contributed by atoms with van der Waals surface area (Å²) in [5, 5.41) is 3.34. The lowest BCUT2D eigenvalue weighted by Crippen LogP contribution is -2.34. The fourth-order valence-electron chi connectivity index (χ4n) is 4.83. The van der Waals surface area contributed by atoms with Crippen LogP contribution >= 0.6 is 11.3 Å². The summed E-state index contributed by atoms with van der Waals surface area (Å²) in [5.41, 5.74) is 1.44. The quantitative estimate of drug-likeness (QED) is 0.586. The zero-order valence-corrected chi connectivity index (χ0v) is 17.4. The largest absolute Gasteiger partial charge is 0.465 e. The van der Waals surface area contributed by atoms with Crippen molar-refractivity contribution in [1.29, 1.82) is 0 Å².